The number of benzene rings is 2. The minimum atomic E-state index is -0.747. The molecule has 2 aromatic carbocycles. The van der Waals surface area contributed by atoms with Crippen LogP contribution in [0.1, 0.15) is 43.5 Å². The topological polar surface area (TPSA) is 85.2 Å². The molecule has 1 aliphatic heterocycles. The van der Waals surface area contributed by atoms with Crippen LogP contribution >= 0.6 is 11.6 Å². The Kier molecular flexibility index (Phi) is 6.30. The van der Waals surface area contributed by atoms with E-state index >= 15 is 0 Å². The molecule has 1 aromatic heterocycles. The van der Waals surface area contributed by atoms with Crippen LogP contribution in [-0.2, 0) is 20.9 Å². The van der Waals surface area contributed by atoms with E-state index in [2.05, 4.69) is 29.6 Å². The quantitative estimate of drug-likeness (QED) is 0.528. The normalized spacial score (nSPS) is 15.0. The van der Waals surface area contributed by atoms with E-state index in [9.17, 15) is 9.59 Å². The minimum absolute atomic E-state index is 0.0339. The van der Waals surface area contributed by atoms with E-state index in [0.29, 0.717) is 28.1 Å². The number of rotatable bonds is 7. The van der Waals surface area contributed by atoms with Crippen molar-refractivity contribution < 1.29 is 14.3 Å². The van der Waals surface area contributed by atoms with Crippen LogP contribution in [0.25, 0.3) is 11.1 Å². The number of anilines is 2. The fourth-order valence-electron chi connectivity index (χ4n) is 3.84. The number of hydrogen-bond acceptors (Lipinski definition) is 4. The van der Waals surface area contributed by atoms with Gasteiger partial charge in [0.05, 0.1) is 18.7 Å². The molecule has 1 unspecified atom stereocenters. The Hall–Kier alpha value is -3.16. The molecule has 32 heavy (non-hydrogen) atoms. The van der Waals surface area contributed by atoms with Crippen LogP contribution in [0, 0.1) is 0 Å². The van der Waals surface area contributed by atoms with Gasteiger partial charge in [0.2, 0.25) is 5.91 Å². The lowest BCUT2D eigenvalue weighted by Crippen LogP contribution is -2.24. The third-order valence-electron chi connectivity index (χ3n) is 5.46. The summed E-state index contributed by atoms with van der Waals surface area (Å²) in [6.45, 7) is 4.49. The van der Waals surface area contributed by atoms with Crippen molar-refractivity contribution in [3.63, 3.8) is 0 Å². The number of ether oxygens (including phenoxy) is 1. The highest BCUT2D eigenvalue weighted by Gasteiger charge is 2.37. The second kappa shape index (κ2) is 9.14. The van der Waals surface area contributed by atoms with Crippen LogP contribution in [0.15, 0.2) is 48.5 Å². The monoisotopic (exact) mass is 452 g/mol. The molecular formula is C24H25ClN4O3. The van der Waals surface area contributed by atoms with Gasteiger partial charge >= 0.3 is 0 Å². The smallest absolute Gasteiger partial charge is 0.251 e. The molecule has 2 N–H and O–H groups in total. The Labute approximate surface area is 191 Å². The van der Waals surface area contributed by atoms with Gasteiger partial charge in [0.25, 0.3) is 5.91 Å². The molecule has 2 heterocycles. The summed E-state index contributed by atoms with van der Waals surface area (Å²) in [5.41, 5.74) is 4.12. The van der Waals surface area contributed by atoms with Gasteiger partial charge in [-0.1, -0.05) is 49.7 Å². The van der Waals surface area contributed by atoms with E-state index in [4.69, 9.17) is 16.3 Å². The van der Waals surface area contributed by atoms with E-state index in [-0.39, 0.29) is 24.8 Å². The Balaban J connectivity index is 1.58. The summed E-state index contributed by atoms with van der Waals surface area (Å²) in [5.74, 6) is 0.423. The van der Waals surface area contributed by atoms with Crippen molar-refractivity contribution in [3.05, 3.63) is 64.8 Å². The average molecular weight is 453 g/mol. The molecule has 8 heteroatoms. The molecule has 1 atom stereocenters. The molecule has 0 radical (unpaired) electrons. The number of carbonyl (C=O) groups excluding carboxylic acids is 2. The largest absolute Gasteiger partial charge is 0.378 e. The number of amides is 2. The van der Waals surface area contributed by atoms with Gasteiger partial charge in [-0.3, -0.25) is 9.59 Å². The van der Waals surface area contributed by atoms with Gasteiger partial charge < -0.3 is 15.4 Å². The summed E-state index contributed by atoms with van der Waals surface area (Å²) >= 11 is 6.17. The van der Waals surface area contributed by atoms with Gasteiger partial charge in [-0.2, -0.15) is 5.10 Å². The van der Waals surface area contributed by atoms with Crippen molar-refractivity contribution >= 4 is 34.9 Å². The predicted octanol–water partition coefficient (Wildman–Crippen LogP) is 5.00. The van der Waals surface area contributed by atoms with Crippen LogP contribution < -0.4 is 10.6 Å². The number of nitrogens with zero attached hydrogens (tertiary/aromatic N) is 2. The van der Waals surface area contributed by atoms with Crippen LogP contribution in [-0.4, -0.2) is 28.7 Å². The van der Waals surface area contributed by atoms with Gasteiger partial charge in [0, 0.05) is 23.4 Å². The maximum atomic E-state index is 12.7. The number of hydrogen-bond donors (Lipinski definition) is 2. The van der Waals surface area contributed by atoms with Crippen LogP contribution in [0.3, 0.4) is 0 Å². The molecule has 0 fully saturated rings. The van der Waals surface area contributed by atoms with Crippen LogP contribution in [0.5, 0.6) is 0 Å². The number of aromatic nitrogens is 2. The third kappa shape index (κ3) is 4.40. The summed E-state index contributed by atoms with van der Waals surface area (Å²) in [7, 11) is 1.58. The summed E-state index contributed by atoms with van der Waals surface area (Å²) in [6, 6.07) is 14.3. The molecule has 4 rings (SSSR count). The summed E-state index contributed by atoms with van der Waals surface area (Å²) in [6.07, 6.45) is -0.0339. The Morgan fingerprint density at radius 2 is 2.00 bits per heavy atom. The van der Waals surface area contributed by atoms with Crippen molar-refractivity contribution in [2.75, 3.05) is 17.7 Å². The maximum absolute atomic E-state index is 12.7. The molecule has 166 valence electrons. The molecule has 2 amide bonds. The van der Waals surface area contributed by atoms with Crippen LogP contribution in [0.2, 0.25) is 5.02 Å². The van der Waals surface area contributed by atoms with Crippen molar-refractivity contribution in [3.8, 4) is 11.1 Å². The van der Waals surface area contributed by atoms with Gasteiger partial charge in [-0.25, -0.2) is 4.68 Å². The maximum Gasteiger partial charge on any atom is 0.251 e. The lowest BCUT2D eigenvalue weighted by atomic mass is 10.0. The van der Waals surface area contributed by atoms with E-state index < -0.39 is 6.04 Å². The van der Waals surface area contributed by atoms with Crippen LogP contribution in [0.4, 0.5) is 11.5 Å². The number of methoxy groups -OCH3 is 1. The highest BCUT2D eigenvalue weighted by molar-refractivity contribution is 6.30. The Morgan fingerprint density at radius 1 is 1.25 bits per heavy atom. The van der Waals surface area contributed by atoms with Gasteiger partial charge in [-0.15, -0.1) is 0 Å². The Bertz CT molecular complexity index is 1150. The zero-order chi connectivity index (χ0) is 22.8. The molecule has 0 saturated carbocycles. The van der Waals surface area contributed by atoms with Gasteiger partial charge in [0.1, 0.15) is 11.9 Å². The summed E-state index contributed by atoms with van der Waals surface area (Å²) < 4.78 is 6.88. The van der Waals surface area contributed by atoms with Gasteiger partial charge in [0.15, 0.2) is 0 Å². The third-order valence-corrected chi connectivity index (χ3v) is 5.69. The second-order valence-electron chi connectivity index (χ2n) is 8.09. The molecule has 0 saturated heterocycles. The van der Waals surface area contributed by atoms with E-state index in [1.807, 2.05) is 42.5 Å². The average Bonchev–Trinajstić information content (AvgIpc) is 3.23. The summed E-state index contributed by atoms with van der Waals surface area (Å²) in [5, 5.41) is 10.9. The Morgan fingerprint density at radius 3 is 2.66 bits per heavy atom. The predicted molar refractivity (Wildman–Crippen MR) is 125 cm³/mol. The van der Waals surface area contributed by atoms with Crippen molar-refractivity contribution in [1.82, 2.24) is 9.78 Å². The summed E-state index contributed by atoms with van der Waals surface area (Å²) in [4.78, 5) is 25.4. The number of carbonyl (C=O) groups is 2. The van der Waals surface area contributed by atoms with E-state index in [0.717, 1.165) is 11.1 Å². The van der Waals surface area contributed by atoms with Crippen molar-refractivity contribution in [2.45, 2.75) is 38.8 Å². The molecule has 7 nitrogen and oxygen atoms in total. The molecule has 3 aromatic rings. The van der Waals surface area contributed by atoms with Gasteiger partial charge in [-0.05, 0) is 41.3 Å². The zero-order valence-corrected chi connectivity index (χ0v) is 18.9. The van der Waals surface area contributed by atoms with Crippen molar-refractivity contribution in [1.29, 1.82) is 0 Å². The molecule has 0 bridgehead atoms. The lowest BCUT2D eigenvalue weighted by Gasteiger charge is -2.11. The molecule has 0 aliphatic carbocycles. The first-order valence-corrected chi connectivity index (χ1v) is 10.8. The fourth-order valence-corrected chi connectivity index (χ4v) is 4.03. The van der Waals surface area contributed by atoms with E-state index in [1.165, 1.54) is 5.56 Å². The second-order valence-corrected chi connectivity index (χ2v) is 8.53. The minimum Gasteiger partial charge on any atom is -0.378 e. The van der Waals surface area contributed by atoms with E-state index in [1.54, 1.807) is 17.9 Å². The molecule has 1 aliphatic rings. The zero-order valence-electron chi connectivity index (χ0n) is 18.2. The van der Waals surface area contributed by atoms with Crippen molar-refractivity contribution in [2.24, 2.45) is 0 Å². The first-order chi connectivity index (χ1) is 15.4. The SMILES string of the molecule is COCc1nn2c(c1-c1cccc(Cl)c1)NC(=O)C2CC(=O)Nc1ccc(C(C)C)cc1. The fraction of sp³-hybridized carbons (Fsp3) is 0.292. The lowest BCUT2D eigenvalue weighted by molar-refractivity contribution is -0.123. The first-order valence-electron chi connectivity index (χ1n) is 10.4. The number of halogens is 1. The number of fused-ring (bicyclic) bond motifs is 1. The standard InChI is InChI=1S/C24H25ClN4O3/c1-14(2)15-7-9-18(10-8-15)26-21(30)12-20-24(31)27-23-22(16-5-4-6-17(25)11-16)19(13-32-3)28-29(20)23/h4-11,14,20H,12-13H2,1-3H3,(H,26,30)(H,27,31). The molecule has 0 spiro atoms. The number of nitrogens with one attached hydrogen (secondary N) is 2. The molecular weight excluding hydrogens is 428 g/mol. The highest BCUT2D eigenvalue weighted by Crippen LogP contribution is 2.39. The highest BCUT2D eigenvalue weighted by atomic mass is 35.5. The first kappa shape index (κ1) is 22.0.